The summed E-state index contributed by atoms with van der Waals surface area (Å²) in [6, 6.07) is 21.8. The van der Waals surface area contributed by atoms with E-state index in [9.17, 15) is 9.59 Å². The molecule has 5 heteroatoms. The van der Waals surface area contributed by atoms with Crippen LogP contribution in [0.1, 0.15) is 40.1 Å². The van der Waals surface area contributed by atoms with Crippen molar-refractivity contribution in [3.63, 3.8) is 0 Å². The molecule has 0 saturated heterocycles. The molecular weight excluding hydrogens is 434 g/mol. The minimum atomic E-state index is -0.245. The van der Waals surface area contributed by atoms with Crippen LogP contribution in [0.25, 0.3) is 0 Å². The number of hydrogen-bond donors (Lipinski definition) is 1. The van der Waals surface area contributed by atoms with Crippen molar-refractivity contribution < 1.29 is 9.59 Å². The maximum atomic E-state index is 12.9. The molecule has 3 nitrogen and oxygen atoms in total. The van der Waals surface area contributed by atoms with Crippen molar-refractivity contribution in [2.24, 2.45) is 0 Å². The summed E-state index contributed by atoms with van der Waals surface area (Å²) in [5.41, 5.74) is 2.06. The summed E-state index contributed by atoms with van der Waals surface area (Å²) < 4.78 is 0.778. The lowest BCUT2D eigenvalue weighted by molar-refractivity contribution is 0.102. The van der Waals surface area contributed by atoms with E-state index >= 15 is 0 Å². The van der Waals surface area contributed by atoms with Gasteiger partial charge in [-0.3, -0.25) is 9.59 Å². The van der Waals surface area contributed by atoms with Gasteiger partial charge in [0.25, 0.3) is 5.91 Å². The minimum absolute atomic E-state index is 0.138. The molecular formula is C23H20BrNO2S. The van der Waals surface area contributed by atoms with E-state index in [0.717, 1.165) is 9.37 Å². The van der Waals surface area contributed by atoms with Crippen LogP contribution in [0.5, 0.6) is 0 Å². The molecule has 3 rings (SSSR count). The van der Waals surface area contributed by atoms with Crippen LogP contribution in [0.2, 0.25) is 0 Å². The Bertz CT molecular complexity index is 985. The lowest BCUT2D eigenvalue weighted by atomic mass is 10.0. The molecule has 0 fully saturated rings. The van der Waals surface area contributed by atoms with Crippen molar-refractivity contribution in [3.8, 4) is 0 Å². The number of ketones is 1. The van der Waals surface area contributed by atoms with E-state index in [1.165, 1.54) is 0 Å². The molecule has 0 aliphatic carbocycles. The van der Waals surface area contributed by atoms with E-state index < -0.39 is 0 Å². The monoisotopic (exact) mass is 453 g/mol. The normalized spacial score (nSPS) is 10.7. The number of carbonyl (C=O) groups is 2. The van der Waals surface area contributed by atoms with Crippen molar-refractivity contribution in [1.82, 2.24) is 0 Å². The van der Waals surface area contributed by atoms with Crippen molar-refractivity contribution >= 4 is 45.1 Å². The molecule has 28 heavy (non-hydrogen) atoms. The number of nitrogens with one attached hydrogen (secondary N) is 1. The van der Waals surface area contributed by atoms with Crippen molar-refractivity contribution in [3.05, 3.63) is 94.0 Å². The second-order valence-corrected chi connectivity index (χ2v) is 9.10. The zero-order valence-corrected chi connectivity index (χ0v) is 18.0. The number of thioether (sulfide) groups is 1. The molecule has 0 unspecified atom stereocenters. The van der Waals surface area contributed by atoms with E-state index in [2.05, 4.69) is 35.1 Å². The van der Waals surface area contributed by atoms with Crippen LogP contribution >= 0.6 is 27.7 Å². The molecule has 1 N–H and O–H groups in total. The SMILES string of the molecule is CC(C)Sc1ccc(C(=O)Nc2ccc(Br)cc2C(=O)c2ccccc2)cc1. The summed E-state index contributed by atoms with van der Waals surface area (Å²) in [4.78, 5) is 26.7. The maximum absolute atomic E-state index is 12.9. The van der Waals surface area contributed by atoms with Gasteiger partial charge in [0.1, 0.15) is 0 Å². The van der Waals surface area contributed by atoms with E-state index in [1.807, 2.05) is 30.3 Å². The standard InChI is InChI=1S/C23H20BrNO2S/c1-15(2)28-19-11-8-17(9-12-19)23(27)25-21-13-10-18(24)14-20(21)22(26)16-6-4-3-5-7-16/h3-15H,1-2H3,(H,25,27). The summed E-state index contributed by atoms with van der Waals surface area (Å²) in [7, 11) is 0. The van der Waals surface area contributed by atoms with Gasteiger partial charge in [0.15, 0.2) is 5.78 Å². The molecule has 0 spiro atoms. The quantitative estimate of drug-likeness (QED) is 0.345. The zero-order chi connectivity index (χ0) is 20.1. The zero-order valence-electron chi connectivity index (χ0n) is 15.6. The minimum Gasteiger partial charge on any atom is -0.321 e. The Morgan fingerprint density at radius 3 is 2.21 bits per heavy atom. The highest BCUT2D eigenvalue weighted by atomic mass is 79.9. The first-order chi connectivity index (χ1) is 13.4. The van der Waals surface area contributed by atoms with E-state index in [-0.39, 0.29) is 11.7 Å². The van der Waals surface area contributed by atoms with Crippen molar-refractivity contribution in [2.45, 2.75) is 24.0 Å². The molecule has 3 aromatic carbocycles. The first-order valence-electron chi connectivity index (χ1n) is 8.91. The van der Waals surface area contributed by atoms with Crippen LogP contribution in [0.3, 0.4) is 0 Å². The molecule has 0 bridgehead atoms. The van der Waals surface area contributed by atoms with Crippen LogP contribution in [-0.2, 0) is 0 Å². The Morgan fingerprint density at radius 2 is 1.57 bits per heavy atom. The lowest BCUT2D eigenvalue weighted by Crippen LogP contribution is -2.15. The molecule has 0 aromatic heterocycles. The van der Waals surface area contributed by atoms with Gasteiger partial charge in [-0.25, -0.2) is 0 Å². The Kier molecular flexibility index (Phi) is 6.70. The summed E-state index contributed by atoms with van der Waals surface area (Å²) in [6.45, 7) is 4.26. The topological polar surface area (TPSA) is 46.2 Å². The molecule has 3 aromatic rings. The first kappa shape index (κ1) is 20.4. The predicted octanol–water partition coefficient (Wildman–Crippen LogP) is 6.43. The average Bonchev–Trinajstić information content (AvgIpc) is 2.69. The van der Waals surface area contributed by atoms with Crippen LogP contribution in [0.4, 0.5) is 5.69 Å². The molecule has 0 saturated carbocycles. The van der Waals surface area contributed by atoms with Gasteiger partial charge in [-0.1, -0.05) is 60.1 Å². The second-order valence-electron chi connectivity index (χ2n) is 6.53. The predicted molar refractivity (Wildman–Crippen MR) is 119 cm³/mol. The highest BCUT2D eigenvalue weighted by Gasteiger charge is 2.16. The van der Waals surface area contributed by atoms with Gasteiger partial charge in [0.2, 0.25) is 0 Å². The fourth-order valence-electron chi connectivity index (χ4n) is 2.71. The van der Waals surface area contributed by atoms with Gasteiger partial charge in [-0.2, -0.15) is 0 Å². The molecule has 0 heterocycles. The van der Waals surface area contributed by atoms with Crippen molar-refractivity contribution in [1.29, 1.82) is 0 Å². The van der Waals surface area contributed by atoms with Gasteiger partial charge in [-0.15, -0.1) is 11.8 Å². The number of anilines is 1. The summed E-state index contributed by atoms with van der Waals surface area (Å²) in [6.07, 6.45) is 0. The van der Waals surface area contributed by atoms with Gasteiger partial charge in [-0.05, 0) is 42.5 Å². The first-order valence-corrected chi connectivity index (χ1v) is 10.6. The Morgan fingerprint density at radius 1 is 0.893 bits per heavy atom. The Labute approximate surface area is 177 Å². The van der Waals surface area contributed by atoms with E-state index in [4.69, 9.17) is 0 Å². The number of benzene rings is 3. The fraction of sp³-hybridized carbons (Fsp3) is 0.130. The average molecular weight is 454 g/mol. The Balaban J connectivity index is 1.84. The molecule has 0 aliphatic rings. The van der Waals surface area contributed by atoms with E-state index in [1.54, 1.807) is 54.2 Å². The van der Waals surface area contributed by atoms with Crippen LogP contribution in [0, 0.1) is 0 Å². The molecule has 1 amide bonds. The third-order valence-electron chi connectivity index (χ3n) is 4.00. The van der Waals surface area contributed by atoms with Crippen molar-refractivity contribution in [2.75, 3.05) is 5.32 Å². The van der Waals surface area contributed by atoms with Gasteiger partial charge in [0, 0.05) is 31.3 Å². The maximum Gasteiger partial charge on any atom is 0.255 e. The van der Waals surface area contributed by atoms with E-state index in [0.29, 0.717) is 27.6 Å². The highest BCUT2D eigenvalue weighted by molar-refractivity contribution is 9.10. The van der Waals surface area contributed by atoms with Gasteiger partial charge in [0.05, 0.1) is 5.69 Å². The Hall–Kier alpha value is -2.37. The summed E-state index contributed by atoms with van der Waals surface area (Å²) >= 11 is 5.16. The van der Waals surface area contributed by atoms with Crippen LogP contribution < -0.4 is 5.32 Å². The summed E-state index contributed by atoms with van der Waals surface area (Å²) in [5, 5.41) is 3.36. The molecule has 0 aliphatic heterocycles. The van der Waals surface area contributed by atoms with Gasteiger partial charge >= 0.3 is 0 Å². The smallest absolute Gasteiger partial charge is 0.255 e. The fourth-order valence-corrected chi connectivity index (χ4v) is 3.91. The molecule has 0 atom stereocenters. The van der Waals surface area contributed by atoms with Gasteiger partial charge < -0.3 is 5.32 Å². The largest absolute Gasteiger partial charge is 0.321 e. The third-order valence-corrected chi connectivity index (χ3v) is 5.51. The molecule has 142 valence electrons. The number of hydrogen-bond acceptors (Lipinski definition) is 3. The lowest BCUT2D eigenvalue weighted by Gasteiger charge is -2.12. The third kappa shape index (κ3) is 5.12. The van der Waals surface area contributed by atoms with Crippen LogP contribution in [0.15, 0.2) is 82.2 Å². The summed E-state index contributed by atoms with van der Waals surface area (Å²) in [5.74, 6) is -0.383. The highest BCUT2D eigenvalue weighted by Crippen LogP contribution is 2.26. The number of amides is 1. The number of halogens is 1. The number of rotatable bonds is 6. The molecule has 0 radical (unpaired) electrons. The van der Waals surface area contributed by atoms with Crippen LogP contribution in [-0.4, -0.2) is 16.9 Å². The number of carbonyl (C=O) groups excluding carboxylic acids is 2. The second kappa shape index (κ2) is 9.22.